The molecule has 2 fully saturated rings. The molecule has 0 saturated heterocycles. The van der Waals surface area contributed by atoms with Gasteiger partial charge in [-0.2, -0.15) is 0 Å². The zero-order chi connectivity index (χ0) is 13.2. The smallest absolute Gasteiger partial charge is 0.0509 e. The summed E-state index contributed by atoms with van der Waals surface area (Å²) in [5.41, 5.74) is 0.294. The maximum atomic E-state index is 12.9. The van der Waals surface area contributed by atoms with E-state index in [2.05, 4.69) is 19.2 Å². The number of hydrogen-bond acceptors (Lipinski definition) is 2. The molecule has 2 nitrogen and oxygen atoms in total. The highest BCUT2D eigenvalue weighted by Gasteiger charge is 2.42. The van der Waals surface area contributed by atoms with E-state index < -0.39 is 10.8 Å². The van der Waals surface area contributed by atoms with Gasteiger partial charge in [0.2, 0.25) is 0 Å². The van der Waals surface area contributed by atoms with Crippen molar-refractivity contribution in [2.75, 3.05) is 7.05 Å². The SMILES string of the molecule is CNC1C(S(=O)C2CCCCC2)CCCC1(C)C. The Balaban J connectivity index is 2.07. The van der Waals surface area contributed by atoms with E-state index in [4.69, 9.17) is 0 Å². The van der Waals surface area contributed by atoms with Crippen LogP contribution in [0.5, 0.6) is 0 Å². The summed E-state index contributed by atoms with van der Waals surface area (Å²) >= 11 is 0. The summed E-state index contributed by atoms with van der Waals surface area (Å²) in [6.07, 6.45) is 9.97. The molecule has 0 aromatic heterocycles. The Hall–Kier alpha value is 0.110. The lowest BCUT2D eigenvalue weighted by molar-refractivity contribution is 0.180. The molecule has 3 heteroatoms. The molecule has 2 rings (SSSR count). The van der Waals surface area contributed by atoms with Gasteiger partial charge in [0.05, 0.1) is 5.25 Å². The van der Waals surface area contributed by atoms with E-state index in [0.29, 0.717) is 22.0 Å². The first-order valence-electron chi connectivity index (χ1n) is 7.63. The van der Waals surface area contributed by atoms with Gasteiger partial charge in [-0.3, -0.25) is 4.21 Å². The maximum absolute atomic E-state index is 12.9. The molecule has 0 bridgehead atoms. The minimum Gasteiger partial charge on any atom is -0.315 e. The summed E-state index contributed by atoms with van der Waals surface area (Å²) in [4.78, 5) is 0. The van der Waals surface area contributed by atoms with E-state index in [0.717, 1.165) is 6.42 Å². The Labute approximate surface area is 115 Å². The van der Waals surface area contributed by atoms with Crippen LogP contribution in [0.15, 0.2) is 0 Å². The molecule has 2 aliphatic rings. The minimum absolute atomic E-state index is 0.294. The quantitative estimate of drug-likeness (QED) is 0.854. The third-order valence-electron chi connectivity index (χ3n) is 5.01. The van der Waals surface area contributed by atoms with Crippen LogP contribution in [0.2, 0.25) is 0 Å². The van der Waals surface area contributed by atoms with Crippen LogP contribution in [0.4, 0.5) is 0 Å². The summed E-state index contributed by atoms with van der Waals surface area (Å²) < 4.78 is 12.9. The Morgan fingerprint density at radius 2 is 1.72 bits per heavy atom. The summed E-state index contributed by atoms with van der Waals surface area (Å²) in [6.45, 7) is 4.66. The van der Waals surface area contributed by atoms with Gasteiger partial charge in [-0.05, 0) is 38.1 Å². The van der Waals surface area contributed by atoms with E-state index in [1.54, 1.807) is 0 Å². The fourth-order valence-electron chi connectivity index (χ4n) is 3.96. The van der Waals surface area contributed by atoms with Gasteiger partial charge in [0, 0.05) is 22.1 Å². The fraction of sp³-hybridized carbons (Fsp3) is 1.00. The van der Waals surface area contributed by atoms with Crippen LogP contribution < -0.4 is 5.32 Å². The highest BCUT2D eigenvalue weighted by atomic mass is 32.2. The molecule has 0 spiro atoms. The van der Waals surface area contributed by atoms with Gasteiger partial charge in [-0.1, -0.05) is 39.5 Å². The average molecular weight is 271 g/mol. The van der Waals surface area contributed by atoms with Crippen molar-refractivity contribution >= 4 is 10.8 Å². The first-order valence-corrected chi connectivity index (χ1v) is 8.90. The van der Waals surface area contributed by atoms with E-state index in [-0.39, 0.29) is 0 Å². The van der Waals surface area contributed by atoms with Gasteiger partial charge in [-0.25, -0.2) is 0 Å². The molecule has 18 heavy (non-hydrogen) atoms. The van der Waals surface area contributed by atoms with E-state index >= 15 is 0 Å². The molecular formula is C15H29NOS. The van der Waals surface area contributed by atoms with Crippen LogP contribution in [0.3, 0.4) is 0 Å². The Morgan fingerprint density at radius 3 is 2.33 bits per heavy atom. The molecule has 0 heterocycles. The van der Waals surface area contributed by atoms with Crippen molar-refractivity contribution in [1.82, 2.24) is 5.32 Å². The summed E-state index contributed by atoms with van der Waals surface area (Å²) in [7, 11) is 1.41. The number of rotatable bonds is 3. The van der Waals surface area contributed by atoms with Crippen LogP contribution in [0.1, 0.15) is 65.2 Å². The Bertz CT molecular complexity index is 297. The molecule has 0 aliphatic heterocycles. The van der Waals surface area contributed by atoms with E-state index in [9.17, 15) is 4.21 Å². The molecule has 106 valence electrons. The van der Waals surface area contributed by atoms with Crippen LogP contribution in [0.25, 0.3) is 0 Å². The van der Waals surface area contributed by atoms with Crippen molar-refractivity contribution in [1.29, 1.82) is 0 Å². The largest absolute Gasteiger partial charge is 0.315 e. The molecule has 3 unspecified atom stereocenters. The van der Waals surface area contributed by atoms with Crippen LogP contribution in [-0.2, 0) is 10.8 Å². The Morgan fingerprint density at radius 1 is 1.06 bits per heavy atom. The van der Waals surface area contributed by atoms with Crippen molar-refractivity contribution in [2.45, 2.75) is 81.8 Å². The zero-order valence-electron chi connectivity index (χ0n) is 12.2. The third kappa shape index (κ3) is 2.98. The van der Waals surface area contributed by atoms with Crippen molar-refractivity contribution in [3.8, 4) is 0 Å². The normalized spacial score (nSPS) is 35.3. The molecule has 2 aliphatic carbocycles. The lowest BCUT2D eigenvalue weighted by Gasteiger charge is -2.44. The molecule has 0 amide bonds. The van der Waals surface area contributed by atoms with Crippen LogP contribution in [0, 0.1) is 5.41 Å². The lowest BCUT2D eigenvalue weighted by atomic mass is 9.73. The minimum atomic E-state index is -0.632. The van der Waals surface area contributed by atoms with Gasteiger partial charge in [0.1, 0.15) is 0 Å². The lowest BCUT2D eigenvalue weighted by Crippen LogP contribution is -2.54. The average Bonchev–Trinajstić information content (AvgIpc) is 2.37. The molecule has 0 radical (unpaired) electrons. The second-order valence-electron chi connectivity index (χ2n) is 6.77. The summed E-state index contributed by atoms with van der Waals surface area (Å²) in [5, 5.41) is 4.33. The van der Waals surface area contributed by atoms with Crippen molar-refractivity contribution in [3.63, 3.8) is 0 Å². The summed E-state index contributed by atoms with van der Waals surface area (Å²) in [6, 6.07) is 0.425. The Kier molecular flexibility index (Phi) is 4.87. The maximum Gasteiger partial charge on any atom is 0.0509 e. The van der Waals surface area contributed by atoms with E-state index in [1.807, 2.05) is 7.05 Å². The molecule has 1 N–H and O–H groups in total. The second kappa shape index (κ2) is 6.04. The highest BCUT2D eigenvalue weighted by molar-refractivity contribution is 7.86. The molecule has 3 atom stereocenters. The number of nitrogens with one attached hydrogen (secondary N) is 1. The van der Waals surface area contributed by atoms with Gasteiger partial charge in [0.25, 0.3) is 0 Å². The second-order valence-corrected chi connectivity index (χ2v) is 8.70. The van der Waals surface area contributed by atoms with Crippen molar-refractivity contribution in [3.05, 3.63) is 0 Å². The van der Waals surface area contributed by atoms with Gasteiger partial charge >= 0.3 is 0 Å². The molecule has 0 aromatic carbocycles. The third-order valence-corrected chi connectivity index (χ3v) is 7.25. The topological polar surface area (TPSA) is 29.1 Å². The van der Waals surface area contributed by atoms with Gasteiger partial charge in [0.15, 0.2) is 0 Å². The van der Waals surface area contributed by atoms with Crippen molar-refractivity contribution < 1.29 is 4.21 Å². The highest BCUT2D eigenvalue weighted by Crippen LogP contribution is 2.39. The molecule has 0 aromatic rings. The summed E-state index contributed by atoms with van der Waals surface area (Å²) in [5.74, 6) is 0. The predicted molar refractivity (Wildman–Crippen MR) is 79.3 cm³/mol. The molecular weight excluding hydrogens is 242 g/mol. The standard InChI is InChI=1S/C15H29NOS/c1-15(2)11-7-10-13(14(15)16-3)18(17)12-8-5-4-6-9-12/h12-14,16H,4-11H2,1-3H3. The first-order chi connectivity index (χ1) is 8.56. The fourth-order valence-corrected chi connectivity index (χ4v) is 6.42. The first kappa shape index (κ1) is 14.5. The van der Waals surface area contributed by atoms with Crippen molar-refractivity contribution in [2.24, 2.45) is 5.41 Å². The molecule has 2 saturated carbocycles. The monoisotopic (exact) mass is 271 g/mol. The van der Waals surface area contributed by atoms with Gasteiger partial charge in [-0.15, -0.1) is 0 Å². The van der Waals surface area contributed by atoms with E-state index in [1.165, 1.54) is 44.9 Å². The van der Waals surface area contributed by atoms with Gasteiger partial charge < -0.3 is 5.32 Å². The zero-order valence-corrected chi connectivity index (χ0v) is 13.0. The predicted octanol–water partition coefficient (Wildman–Crippen LogP) is 3.23. The van der Waals surface area contributed by atoms with Crippen LogP contribution in [-0.4, -0.2) is 27.8 Å². The number of hydrogen-bond donors (Lipinski definition) is 1. The van der Waals surface area contributed by atoms with Crippen LogP contribution >= 0.6 is 0 Å².